The maximum atomic E-state index is 4.83. The van der Waals surface area contributed by atoms with Crippen molar-refractivity contribution in [2.75, 3.05) is 0 Å². The summed E-state index contributed by atoms with van der Waals surface area (Å²) in [5, 5.41) is 3.46. The van der Waals surface area contributed by atoms with E-state index < -0.39 is 0 Å². The third-order valence-corrected chi connectivity index (χ3v) is 4.93. The summed E-state index contributed by atoms with van der Waals surface area (Å²) in [5.74, 6) is 1.06. The van der Waals surface area contributed by atoms with Crippen molar-refractivity contribution in [3.05, 3.63) is 22.4 Å². The third-order valence-electron chi connectivity index (χ3n) is 3.78. The molecule has 2 aromatic heterocycles. The minimum atomic E-state index is 0.362. The fraction of sp³-hybridized carbons (Fsp3) is 0.571. The number of aryl methyl sites for hydroxylation is 1. The zero-order valence-electron chi connectivity index (χ0n) is 11.4. The minimum Gasteiger partial charge on any atom is -0.324 e. The monoisotopic (exact) mass is 261 g/mol. The first-order chi connectivity index (χ1) is 8.51. The van der Waals surface area contributed by atoms with Gasteiger partial charge in [0, 0.05) is 16.8 Å². The molecule has 2 aromatic rings. The zero-order valence-corrected chi connectivity index (χ0v) is 12.2. The van der Waals surface area contributed by atoms with Crippen LogP contribution in [0.5, 0.6) is 0 Å². The van der Waals surface area contributed by atoms with Crippen LogP contribution in [0.3, 0.4) is 0 Å². The van der Waals surface area contributed by atoms with E-state index in [2.05, 4.69) is 42.6 Å². The van der Waals surface area contributed by atoms with Gasteiger partial charge >= 0.3 is 0 Å². The quantitative estimate of drug-likeness (QED) is 0.837. The molecule has 4 heteroatoms. The van der Waals surface area contributed by atoms with Crippen LogP contribution in [0.1, 0.15) is 50.5 Å². The summed E-state index contributed by atoms with van der Waals surface area (Å²) in [7, 11) is 0. The smallest absolute Gasteiger partial charge is 0.106 e. The molecule has 0 atom stereocenters. The van der Waals surface area contributed by atoms with Crippen molar-refractivity contribution in [3.8, 4) is 11.4 Å². The van der Waals surface area contributed by atoms with Crippen LogP contribution in [0.2, 0.25) is 0 Å². The Hall–Kier alpha value is -1.16. The second-order valence-electron chi connectivity index (χ2n) is 5.75. The molecule has 3 rings (SSSR count). The fourth-order valence-corrected chi connectivity index (χ4v) is 3.40. The minimum absolute atomic E-state index is 0.362. The van der Waals surface area contributed by atoms with Crippen molar-refractivity contribution < 1.29 is 0 Å². The average molecular weight is 261 g/mol. The number of hydrogen-bond acceptors (Lipinski definition) is 3. The molecule has 2 heterocycles. The van der Waals surface area contributed by atoms with Gasteiger partial charge in [0.2, 0.25) is 0 Å². The summed E-state index contributed by atoms with van der Waals surface area (Å²) < 4.78 is 2.26. The van der Waals surface area contributed by atoms with Gasteiger partial charge in [-0.25, -0.2) is 9.97 Å². The Labute approximate surface area is 112 Å². The van der Waals surface area contributed by atoms with Crippen LogP contribution in [0.4, 0.5) is 0 Å². The zero-order chi connectivity index (χ0) is 12.9. The summed E-state index contributed by atoms with van der Waals surface area (Å²) in [4.78, 5) is 9.26. The van der Waals surface area contributed by atoms with Crippen LogP contribution in [0.25, 0.3) is 11.4 Å². The van der Waals surface area contributed by atoms with Crippen molar-refractivity contribution in [1.29, 1.82) is 0 Å². The summed E-state index contributed by atoms with van der Waals surface area (Å²) in [6.07, 6.45) is 4.51. The molecule has 0 bridgehead atoms. The van der Waals surface area contributed by atoms with Gasteiger partial charge in [-0.15, -0.1) is 11.3 Å². The normalized spacial score (nSPS) is 17.4. The van der Waals surface area contributed by atoms with Crippen molar-refractivity contribution >= 4 is 11.3 Å². The Morgan fingerprint density at radius 3 is 2.72 bits per heavy atom. The highest BCUT2D eigenvalue weighted by Gasteiger charge is 2.41. The Morgan fingerprint density at radius 1 is 1.39 bits per heavy atom. The van der Waals surface area contributed by atoms with Gasteiger partial charge in [0.25, 0.3) is 0 Å². The number of hydrogen-bond donors (Lipinski definition) is 0. The highest BCUT2D eigenvalue weighted by Crippen LogP contribution is 2.49. The van der Waals surface area contributed by atoms with E-state index in [4.69, 9.17) is 4.98 Å². The van der Waals surface area contributed by atoms with Crippen LogP contribution in [0.15, 0.2) is 11.6 Å². The van der Waals surface area contributed by atoms with Gasteiger partial charge in [0.1, 0.15) is 5.82 Å². The Morgan fingerprint density at radius 2 is 2.11 bits per heavy atom. The first-order valence-corrected chi connectivity index (χ1v) is 7.39. The second kappa shape index (κ2) is 3.92. The topological polar surface area (TPSA) is 30.7 Å². The van der Waals surface area contributed by atoms with Crippen molar-refractivity contribution in [1.82, 2.24) is 14.5 Å². The number of thiazole rings is 1. The van der Waals surface area contributed by atoms with Crippen molar-refractivity contribution in [2.24, 2.45) is 0 Å². The molecule has 1 aliphatic carbocycles. The lowest BCUT2D eigenvalue weighted by Crippen LogP contribution is -2.05. The first kappa shape index (κ1) is 11.9. The molecule has 1 aliphatic rings. The van der Waals surface area contributed by atoms with Crippen LogP contribution >= 0.6 is 11.3 Å². The lowest BCUT2D eigenvalue weighted by Gasteiger charge is -2.12. The van der Waals surface area contributed by atoms with Crippen LogP contribution in [0, 0.1) is 6.92 Å². The average Bonchev–Trinajstić information content (AvgIpc) is 2.80. The summed E-state index contributed by atoms with van der Waals surface area (Å²) in [6, 6.07) is 0.421. The third kappa shape index (κ3) is 1.79. The van der Waals surface area contributed by atoms with E-state index >= 15 is 0 Å². The molecule has 0 radical (unpaired) electrons. The van der Waals surface area contributed by atoms with Gasteiger partial charge in [0.05, 0.1) is 22.6 Å². The summed E-state index contributed by atoms with van der Waals surface area (Å²) >= 11 is 1.79. The number of aromatic nitrogens is 3. The van der Waals surface area contributed by atoms with E-state index in [1.807, 2.05) is 6.20 Å². The van der Waals surface area contributed by atoms with Gasteiger partial charge in [0.15, 0.2) is 0 Å². The van der Waals surface area contributed by atoms with E-state index in [1.165, 1.54) is 17.8 Å². The largest absolute Gasteiger partial charge is 0.324 e. The molecule has 0 N–H and O–H groups in total. The Balaban J connectivity index is 2.02. The van der Waals surface area contributed by atoms with Crippen LogP contribution < -0.4 is 0 Å². The predicted molar refractivity (Wildman–Crippen MR) is 75.0 cm³/mol. The van der Waals surface area contributed by atoms with Gasteiger partial charge in [-0.3, -0.25) is 0 Å². The van der Waals surface area contributed by atoms with Crippen molar-refractivity contribution in [2.45, 2.75) is 52.0 Å². The van der Waals surface area contributed by atoms with E-state index in [1.54, 1.807) is 11.3 Å². The second-order valence-corrected chi connectivity index (χ2v) is 6.61. The molecule has 0 unspecified atom stereocenters. The van der Waals surface area contributed by atoms with Gasteiger partial charge < -0.3 is 4.57 Å². The van der Waals surface area contributed by atoms with Gasteiger partial charge in [-0.2, -0.15) is 0 Å². The molecule has 0 saturated heterocycles. The summed E-state index contributed by atoms with van der Waals surface area (Å²) in [6.45, 7) is 8.74. The standard InChI is InChI=1S/C14H19N3S/c1-9(2)17-10(3)15-7-12(17)11-8-18-13(16-11)14(4)5-6-14/h7-9H,5-6H2,1-4H3. The Bertz CT molecular complexity index is 576. The van der Waals surface area contributed by atoms with E-state index in [-0.39, 0.29) is 0 Å². The van der Waals surface area contributed by atoms with Crippen LogP contribution in [-0.4, -0.2) is 14.5 Å². The lowest BCUT2D eigenvalue weighted by molar-refractivity contribution is 0.587. The van der Waals surface area contributed by atoms with Gasteiger partial charge in [-0.05, 0) is 33.6 Å². The molecule has 0 spiro atoms. The predicted octanol–water partition coefficient (Wildman–Crippen LogP) is 3.95. The SMILES string of the molecule is Cc1ncc(-c2csc(C3(C)CC3)n2)n1C(C)C. The van der Waals surface area contributed by atoms with E-state index in [0.717, 1.165) is 17.2 Å². The molecule has 1 fully saturated rings. The maximum Gasteiger partial charge on any atom is 0.106 e. The molecule has 0 aromatic carbocycles. The van der Waals surface area contributed by atoms with Crippen molar-refractivity contribution in [3.63, 3.8) is 0 Å². The molecular weight excluding hydrogens is 242 g/mol. The fourth-order valence-electron chi connectivity index (χ4n) is 2.36. The molecule has 3 nitrogen and oxygen atoms in total. The molecular formula is C14H19N3S. The van der Waals surface area contributed by atoms with Gasteiger partial charge in [-0.1, -0.05) is 6.92 Å². The number of imidazole rings is 1. The number of nitrogens with zero attached hydrogens (tertiary/aromatic N) is 3. The van der Waals surface area contributed by atoms with Crippen LogP contribution in [-0.2, 0) is 5.41 Å². The molecule has 0 amide bonds. The first-order valence-electron chi connectivity index (χ1n) is 6.51. The number of rotatable bonds is 3. The Kier molecular flexibility index (Phi) is 2.59. The highest BCUT2D eigenvalue weighted by molar-refractivity contribution is 7.10. The lowest BCUT2D eigenvalue weighted by atomic mass is 10.2. The molecule has 0 aliphatic heterocycles. The maximum absolute atomic E-state index is 4.83. The summed E-state index contributed by atoms with van der Waals surface area (Å²) in [5.41, 5.74) is 2.59. The molecule has 18 heavy (non-hydrogen) atoms. The molecule has 96 valence electrons. The highest BCUT2D eigenvalue weighted by atomic mass is 32.1. The molecule has 1 saturated carbocycles. The van der Waals surface area contributed by atoms with E-state index in [0.29, 0.717) is 11.5 Å². The van der Waals surface area contributed by atoms with E-state index in [9.17, 15) is 0 Å².